The molecule has 6 atom stereocenters. The number of ether oxygens (including phenoxy) is 1. The monoisotopic (exact) mass is 356 g/mol. The number of hydrogen-bond donors (Lipinski definition) is 0. The molecule has 0 aromatic rings. The highest BCUT2D eigenvalue weighted by Gasteiger charge is 2.64. The van der Waals surface area contributed by atoms with Crippen molar-refractivity contribution in [2.75, 3.05) is 0 Å². The molecule has 0 aromatic heterocycles. The average Bonchev–Trinajstić information content (AvgIpc) is 2.99. The normalized spacial score (nSPS) is 50.5. The molecule has 1 saturated heterocycles. The van der Waals surface area contributed by atoms with Crippen molar-refractivity contribution < 1.29 is 14.3 Å². The number of carbonyl (C=O) groups is 2. The van der Waals surface area contributed by atoms with Gasteiger partial charge in [-0.1, -0.05) is 19.4 Å². The zero-order valence-electron chi connectivity index (χ0n) is 16.3. The fraction of sp³-hybridized carbons (Fsp3) is 0.826. The van der Waals surface area contributed by atoms with E-state index in [0.29, 0.717) is 24.0 Å². The highest BCUT2D eigenvalue weighted by atomic mass is 16.6. The zero-order valence-corrected chi connectivity index (χ0v) is 16.3. The highest BCUT2D eigenvalue weighted by Crippen LogP contribution is 2.68. The second kappa shape index (κ2) is 5.45. The standard InChI is InChI=1S/C23H32O3/c1-21-11-7-16(24)14-15(21)5-6-17-18(21)8-12-22(2)19(17)4-3-10-23(22)13-9-20(25)26-23/h14,17-19H,3-13H2,1-2H3. The molecule has 0 aromatic carbocycles. The lowest BCUT2D eigenvalue weighted by Gasteiger charge is -2.64. The number of ketones is 1. The quantitative estimate of drug-likeness (QED) is 0.575. The van der Waals surface area contributed by atoms with E-state index in [2.05, 4.69) is 13.8 Å². The minimum atomic E-state index is -0.183. The third kappa shape index (κ3) is 2.06. The van der Waals surface area contributed by atoms with Crippen LogP contribution in [0.4, 0.5) is 0 Å². The maximum atomic E-state index is 12.0. The molecule has 4 aliphatic carbocycles. The molecule has 1 spiro atoms. The summed E-state index contributed by atoms with van der Waals surface area (Å²) in [6, 6.07) is 0. The van der Waals surface area contributed by atoms with E-state index < -0.39 is 0 Å². The fourth-order valence-electron chi connectivity index (χ4n) is 8.07. The summed E-state index contributed by atoms with van der Waals surface area (Å²) in [5.74, 6) is 2.49. The van der Waals surface area contributed by atoms with Crippen LogP contribution in [0.25, 0.3) is 0 Å². The Morgan fingerprint density at radius 1 is 0.923 bits per heavy atom. The Balaban J connectivity index is 1.50. The van der Waals surface area contributed by atoms with Crippen LogP contribution in [0.1, 0.15) is 84.5 Å². The van der Waals surface area contributed by atoms with Crippen LogP contribution >= 0.6 is 0 Å². The number of fused-ring (bicyclic) bond motifs is 6. The van der Waals surface area contributed by atoms with Crippen LogP contribution in [0.2, 0.25) is 0 Å². The van der Waals surface area contributed by atoms with Gasteiger partial charge in [0.25, 0.3) is 0 Å². The Kier molecular flexibility index (Phi) is 3.57. The SMILES string of the molecule is CC12CCC(=O)C=C1CCC1C2CCC2(C)C1CCCC21CCC(=O)O1. The Bertz CT molecular complexity index is 694. The number of hydrogen-bond acceptors (Lipinski definition) is 3. The summed E-state index contributed by atoms with van der Waals surface area (Å²) in [6.07, 6.45) is 13.6. The Morgan fingerprint density at radius 3 is 2.54 bits per heavy atom. The van der Waals surface area contributed by atoms with Crippen molar-refractivity contribution in [3.8, 4) is 0 Å². The lowest BCUT2D eigenvalue weighted by Crippen LogP contribution is -2.60. The van der Waals surface area contributed by atoms with Crippen molar-refractivity contribution in [1.82, 2.24) is 0 Å². The van der Waals surface area contributed by atoms with Gasteiger partial charge in [-0.3, -0.25) is 9.59 Å². The van der Waals surface area contributed by atoms with Gasteiger partial charge in [0.05, 0.1) is 0 Å². The molecule has 3 heteroatoms. The van der Waals surface area contributed by atoms with Gasteiger partial charge in [-0.25, -0.2) is 0 Å². The molecule has 3 nitrogen and oxygen atoms in total. The van der Waals surface area contributed by atoms with Gasteiger partial charge in [-0.15, -0.1) is 0 Å². The molecular weight excluding hydrogens is 324 g/mol. The van der Waals surface area contributed by atoms with Crippen molar-refractivity contribution in [3.05, 3.63) is 11.6 Å². The van der Waals surface area contributed by atoms with Gasteiger partial charge in [-0.05, 0) is 87.0 Å². The average molecular weight is 357 g/mol. The number of rotatable bonds is 0. The van der Waals surface area contributed by atoms with Gasteiger partial charge < -0.3 is 4.74 Å². The van der Waals surface area contributed by atoms with Gasteiger partial charge in [0.15, 0.2) is 5.78 Å². The van der Waals surface area contributed by atoms with Gasteiger partial charge >= 0.3 is 5.97 Å². The number of esters is 1. The van der Waals surface area contributed by atoms with Crippen LogP contribution in [0, 0.1) is 28.6 Å². The van der Waals surface area contributed by atoms with E-state index in [0.717, 1.165) is 38.0 Å². The van der Waals surface area contributed by atoms with E-state index in [-0.39, 0.29) is 22.4 Å². The lowest BCUT2D eigenvalue weighted by molar-refractivity contribution is -0.200. The van der Waals surface area contributed by atoms with Crippen LogP contribution in [0.3, 0.4) is 0 Å². The van der Waals surface area contributed by atoms with E-state index >= 15 is 0 Å². The lowest BCUT2D eigenvalue weighted by atomic mass is 9.42. The summed E-state index contributed by atoms with van der Waals surface area (Å²) >= 11 is 0. The van der Waals surface area contributed by atoms with Gasteiger partial charge in [0.2, 0.25) is 0 Å². The Labute approximate surface area is 156 Å². The first-order valence-corrected chi connectivity index (χ1v) is 10.8. The first-order chi connectivity index (χ1) is 12.4. The molecular formula is C23H32O3. The van der Waals surface area contributed by atoms with E-state index in [1.807, 2.05) is 6.08 Å². The third-order valence-corrected chi connectivity index (χ3v) is 9.53. The van der Waals surface area contributed by atoms with E-state index in [1.54, 1.807) is 0 Å². The smallest absolute Gasteiger partial charge is 0.306 e. The predicted molar refractivity (Wildman–Crippen MR) is 99.4 cm³/mol. The second-order valence-electron chi connectivity index (χ2n) is 10.3. The largest absolute Gasteiger partial charge is 0.458 e. The molecule has 3 saturated carbocycles. The van der Waals surface area contributed by atoms with Crippen molar-refractivity contribution in [1.29, 1.82) is 0 Å². The van der Waals surface area contributed by atoms with Crippen LogP contribution < -0.4 is 0 Å². The van der Waals surface area contributed by atoms with Crippen LogP contribution in [0.5, 0.6) is 0 Å². The summed E-state index contributed by atoms with van der Waals surface area (Å²) in [6.45, 7) is 4.89. The topological polar surface area (TPSA) is 43.4 Å². The van der Waals surface area contributed by atoms with Crippen molar-refractivity contribution >= 4 is 11.8 Å². The van der Waals surface area contributed by atoms with Crippen molar-refractivity contribution in [3.63, 3.8) is 0 Å². The molecule has 6 unspecified atom stereocenters. The Hall–Kier alpha value is -1.12. The van der Waals surface area contributed by atoms with Gasteiger partial charge in [-0.2, -0.15) is 0 Å². The highest BCUT2D eigenvalue weighted by molar-refractivity contribution is 5.91. The number of carbonyl (C=O) groups excluding carboxylic acids is 2. The van der Waals surface area contributed by atoms with Crippen LogP contribution in [0.15, 0.2) is 11.6 Å². The summed E-state index contributed by atoms with van der Waals surface area (Å²) in [5.41, 5.74) is 1.64. The summed E-state index contributed by atoms with van der Waals surface area (Å²) < 4.78 is 6.09. The Morgan fingerprint density at radius 2 is 1.77 bits per heavy atom. The molecule has 0 N–H and O–H groups in total. The van der Waals surface area contributed by atoms with Crippen LogP contribution in [-0.2, 0) is 14.3 Å². The molecule has 0 amide bonds. The molecule has 4 fully saturated rings. The first kappa shape index (κ1) is 17.0. The van der Waals surface area contributed by atoms with Crippen molar-refractivity contribution in [2.45, 2.75) is 90.1 Å². The van der Waals surface area contributed by atoms with Gasteiger partial charge in [0.1, 0.15) is 5.60 Å². The van der Waals surface area contributed by atoms with E-state index in [9.17, 15) is 9.59 Å². The summed E-state index contributed by atoms with van der Waals surface area (Å²) in [5, 5.41) is 0. The molecule has 1 heterocycles. The molecule has 0 radical (unpaired) electrons. The molecule has 1 aliphatic heterocycles. The molecule has 26 heavy (non-hydrogen) atoms. The second-order valence-corrected chi connectivity index (χ2v) is 10.3. The summed E-state index contributed by atoms with van der Waals surface area (Å²) in [4.78, 5) is 24.0. The molecule has 5 aliphatic rings. The summed E-state index contributed by atoms with van der Waals surface area (Å²) in [7, 11) is 0. The first-order valence-electron chi connectivity index (χ1n) is 10.8. The molecule has 142 valence electrons. The third-order valence-electron chi connectivity index (χ3n) is 9.53. The minimum absolute atomic E-state index is 0.0283. The van der Waals surface area contributed by atoms with Crippen LogP contribution in [-0.4, -0.2) is 17.4 Å². The van der Waals surface area contributed by atoms with E-state index in [4.69, 9.17) is 4.74 Å². The van der Waals surface area contributed by atoms with E-state index in [1.165, 1.54) is 37.7 Å². The fourth-order valence-corrected chi connectivity index (χ4v) is 8.07. The predicted octanol–water partition coefficient (Wildman–Crippen LogP) is 4.98. The molecule has 0 bridgehead atoms. The maximum absolute atomic E-state index is 12.0. The van der Waals surface area contributed by atoms with Gasteiger partial charge in [0, 0.05) is 18.3 Å². The maximum Gasteiger partial charge on any atom is 0.306 e. The van der Waals surface area contributed by atoms with Crippen molar-refractivity contribution in [2.24, 2.45) is 28.6 Å². The minimum Gasteiger partial charge on any atom is -0.458 e. The molecule has 5 rings (SSSR count). The zero-order chi connectivity index (χ0) is 18.2. The number of allylic oxidation sites excluding steroid dienone is 2.